The highest BCUT2D eigenvalue weighted by Crippen LogP contribution is 2.52. The Hall–Kier alpha value is -6.38. The Kier molecular flexibility index (Phi) is 6.56. The molecular weight excluding hydrogens is 619 g/mol. The van der Waals surface area contributed by atoms with Gasteiger partial charge in [-0.2, -0.15) is 0 Å². The Morgan fingerprint density at radius 1 is 0.431 bits per heavy atom. The van der Waals surface area contributed by atoms with Crippen LogP contribution in [0.25, 0.3) is 66.1 Å². The normalized spacial score (nSPS) is 13.1. The fraction of sp³-hybridized carbons (Fsp3) is 0.0612. The molecule has 2 heteroatoms. The van der Waals surface area contributed by atoms with Gasteiger partial charge >= 0.3 is 0 Å². The summed E-state index contributed by atoms with van der Waals surface area (Å²) < 4.78 is 6.83. The third-order valence-electron chi connectivity index (χ3n) is 10.8. The Labute approximate surface area is 297 Å². The third kappa shape index (κ3) is 4.57. The lowest BCUT2D eigenvalue weighted by Crippen LogP contribution is -2.16. The van der Waals surface area contributed by atoms with Crippen LogP contribution in [-0.4, -0.2) is 0 Å². The van der Waals surface area contributed by atoms with E-state index in [1.807, 2.05) is 0 Å². The van der Waals surface area contributed by atoms with Gasteiger partial charge in [-0.25, -0.2) is 0 Å². The molecule has 0 atom stereocenters. The first kappa shape index (κ1) is 29.5. The van der Waals surface area contributed by atoms with Crippen LogP contribution in [0.4, 0.5) is 17.1 Å². The second-order valence-corrected chi connectivity index (χ2v) is 14.1. The topological polar surface area (TPSA) is 16.4 Å². The molecule has 0 saturated carbocycles. The van der Waals surface area contributed by atoms with Crippen LogP contribution < -0.4 is 4.90 Å². The summed E-state index contributed by atoms with van der Waals surface area (Å²) in [4.78, 5) is 2.43. The van der Waals surface area contributed by atoms with Crippen LogP contribution in [0.15, 0.2) is 180 Å². The van der Waals surface area contributed by atoms with Crippen molar-refractivity contribution < 1.29 is 4.42 Å². The van der Waals surface area contributed by atoms with E-state index in [-0.39, 0.29) is 5.41 Å². The molecule has 2 nitrogen and oxygen atoms in total. The van der Waals surface area contributed by atoms with Crippen LogP contribution in [0.5, 0.6) is 0 Å². The van der Waals surface area contributed by atoms with Crippen LogP contribution in [0.1, 0.15) is 25.0 Å². The van der Waals surface area contributed by atoms with E-state index in [1.54, 1.807) is 0 Å². The number of furan rings is 1. The van der Waals surface area contributed by atoms with E-state index in [1.165, 1.54) is 49.9 Å². The largest absolute Gasteiger partial charge is 0.455 e. The Morgan fingerprint density at radius 3 is 1.90 bits per heavy atom. The van der Waals surface area contributed by atoms with Gasteiger partial charge in [-0.15, -0.1) is 0 Å². The minimum absolute atomic E-state index is 0.128. The molecule has 242 valence electrons. The summed E-state index contributed by atoms with van der Waals surface area (Å²) in [6.07, 6.45) is 0. The van der Waals surface area contributed by atoms with Gasteiger partial charge < -0.3 is 9.32 Å². The molecule has 9 aromatic rings. The van der Waals surface area contributed by atoms with Crippen molar-refractivity contribution in [3.05, 3.63) is 187 Å². The fourth-order valence-electron chi connectivity index (χ4n) is 8.39. The lowest BCUT2D eigenvalue weighted by molar-refractivity contribution is 0.660. The molecule has 1 aliphatic carbocycles. The highest BCUT2D eigenvalue weighted by atomic mass is 16.3. The summed E-state index contributed by atoms with van der Waals surface area (Å²) in [6, 6.07) is 63.6. The summed E-state index contributed by atoms with van der Waals surface area (Å²) in [7, 11) is 0. The van der Waals surface area contributed by atoms with Gasteiger partial charge in [0.25, 0.3) is 0 Å². The molecular formula is C49H35NO. The smallest absolute Gasteiger partial charge is 0.143 e. The molecule has 51 heavy (non-hydrogen) atoms. The number of nitrogens with zero attached hydrogens (tertiary/aromatic N) is 1. The molecule has 0 aliphatic heterocycles. The number of fused-ring (bicyclic) bond motifs is 8. The van der Waals surface area contributed by atoms with Gasteiger partial charge in [-0.3, -0.25) is 0 Å². The molecule has 1 aliphatic rings. The summed E-state index contributed by atoms with van der Waals surface area (Å²) in [5.74, 6) is 0. The van der Waals surface area contributed by atoms with Crippen molar-refractivity contribution in [2.75, 3.05) is 4.90 Å². The van der Waals surface area contributed by atoms with Gasteiger partial charge in [-0.1, -0.05) is 147 Å². The van der Waals surface area contributed by atoms with E-state index in [0.29, 0.717) is 0 Å². The summed E-state index contributed by atoms with van der Waals surface area (Å²) in [5.41, 5.74) is 15.0. The molecule has 0 amide bonds. The van der Waals surface area contributed by atoms with E-state index in [0.717, 1.165) is 44.4 Å². The van der Waals surface area contributed by atoms with E-state index in [9.17, 15) is 0 Å². The molecule has 8 aromatic carbocycles. The monoisotopic (exact) mass is 653 g/mol. The zero-order valence-electron chi connectivity index (χ0n) is 28.6. The number of rotatable bonds is 5. The van der Waals surface area contributed by atoms with E-state index in [2.05, 4.69) is 195 Å². The second kappa shape index (κ2) is 11.3. The lowest BCUT2D eigenvalue weighted by Gasteiger charge is -2.29. The third-order valence-corrected chi connectivity index (χ3v) is 10.8. The molecule has 0 fully saturated rings. The minimum atomic E-state index is -0.128. The zero-order valence-corrected chi connectivity index (χ0v) is 28.6. The Morgan fingerprint density at radius 2 is 1.08 bits per heavy atom. The first-order valence-corrected chi connectivity index (χ1v) is 17.7. The van der Waals surface area contributed by atoms with Gasteiger partial charge in [0, 0.05) is 27.6 Å². The van der Waals surface area contributed by atoms with Crippen LogP contribution in [0.2, 0.25) is 0 Å². The van der Waals surface area contributed by atoms with Crippen LogP contribution >= 0.6 is 0 Å². The van der Waals surface area contributed by atoms with Crippen LogP contribution in [0.3, 0.4) is 0 Å². The Balaban J connectivity index is 1.27. The number of anilines is 3. The maximum absolute atomic E-state index is 6.83. The number of benzene rings is 8. The number of hydrogen-bond donors (Lipinski definition) is 0. The van der Waals surface area contributed by atoms with Gasteiger partial charge in [0.15, 0.2) is 0 Å². The van der Waals surface area contributed by atoms with Crippen molar-refractivity contribution in [3.8, 4) is 33.4 Å². The van der Waals surface area contributed by atoms with Crippen LogP contribution in [0, 0.1) is 0 Å². The highest BCUT2D eigenvalue weighted by Gasteiger charge is 2.36. The molecule has 0 radical (unpaired) electrons. The van der Waals surface area contributed by atoms with Gasteiger partial charge in [0.05, 0.1) is 11.1 Å². The second-order valence-electron chi connectivity index (χ2n) is 14.1. The highest BCUT2D eigenvalue weighted by molar-refractivity contribution is 6.22. The molecule has 0 spiro atoms. The Bertz CT molecular complexity index is 2770. The van der Waals surface area contributed by atoms with Gasteiger partial charge in [0.1, 0.15) is 11.2 Å². The van der Waals surface area contributed by atoms with Crippen molar-refractivity contribution in [2.45, 2.75) is 19.3 Å². The first-order chi connectivity index (χ1) is 25.1. The van der Waals surface area contributed by atoms with Crippen molar-refractivity contribution in [2.24, 2.45) is 0 Å². The zero-order chi connectivity index (χ0) is 34.1. The van der Waals surface area contributed by atoms with E-state index in [4.69, 9.17) is 4.42 Å². The predicted octanol–water partition coefficient (Wildman–Crippen LogP) is 13.8. The van der Waals surface area contributed by atoms with Gasteiger partial charge in [0.2, 0.25) is 0 Å². The van der Waals surface area contributed by atoms with Crippen LogP contribution in [-0.2, 0) is 5.41 Å². The quantitative estimate of drug-likeness (QED) is 0.184. The fourth-order valence-corrected chi connectivity index (χ4v) is 8.39. The maximum Gasteiger partial charge on any atom is 0.143 e. The average Bonchev–Trinajstić information content (AvgIpc) is 3.68. The molecule has 0 saturated heterocycles. The lowest BCUT2D eigenvalue weighted by atomic mass is 9.82. The average molecular weight is 654 g/mol. The molecule has 0 bridgehead atoms. The molecule has 1 heterocycles. The standard InChI is InChI=1S/C49H35NO/c1-49(2)43-24-12-11-22-38(43)39-28-27-36(30-44(39)49)50(35-20-13-19-34(29-35)32-15-5-3-6-16-32)45-25-14-26-46-47(45)42-31-41(33-17-7-4-8-18-33)37-21-9-10-23-40(37)48(42)51-46/h3-31H,1-2H3. The van der Waals surface area contributed by atoms with Crippen molar-refractivity contribution in [1.29, 1.82) is 0 Å². The van der Waals surface area contributed by atoms with Crippen molar-refractivity contribution >= 4 is 49.8 Å². The van der Waals surface area contributed by atoms with Crippen molar-refractivity contribution in [3.63, 3.8) is 0 Å². The molecule has 0 N–H and O–H groups in total. The summed E-state index contributed by atoms with van der Waals surface area (Å²) in [5, 5.41) is 4.51. The first-order valence-electron chi connectivity index (χ1n) is 17.7. The summed E-state index contributed by atoms with van der Waals surface area (Å²) >= 11 is 0. The molecule has 10 rings (SSSR count). The molecule has 0 unspecified atom stereocenters. The minimum Gasteiger partial charge on any atom is -0.455 e. The van der Waals surface area contributed by atoms with E-state index < -0.39 is 0 Å². The van der Waals surface area contributed by atoms with Gasteiger partial charge in [-0.05, 0) is 92.4 Å². The molecule has 1 aromatic heterocycles. The number of hydrogen-bond acceptors (Lipinski definition) is 2. The SMILES string of the molecule is CC1(C)c2ccccc2-c2ccc(N(c3cccc(-c4ccccc4)c3)c3cccc4oc5c6ccccc6c(-c6ccccc6)cc5c34)cc21. The van der Waals surface area contributed by atoms with Crippen molar-refractivity contribution in [1.82, 2.24) is 0 Å². The van der Waals surface area contributed by atoms with E-state index >= 15 is 0 Å². The summed E-state index contributed by atoms with van der Waals surface area (Å²) in [6.45, 7) is 4.70. The predicted molar refractivity (Wildman–Crippen MR) is 214 cm³/mol. The maximum atomic E-state index is 6.83.